The number of aromatic nitrogens is 2. The van der Waals surface area contributed by atoms with Crippen molar-refractivity contribution in [2.24, 2.45) is 0 Å². The van der Waals surface area contributed by atoms with Gasteiger partial charge >= 0.3 is 0 Å². The van der Waals surface area contributed by atoms with E-state index in [0.717, 1.165) is 11.3 Å². The lowest BCUT2D eigenvalue weighted by molar-refractivity contribution is -0.384. The first-order chi connectivity index (χ1) is 15.9. The number of nitro benzene ring substituents is 1. The molecule has 0 amide bonds. The van der Waals surface area contributed by atoms with Crippen LogP contribution in [0.5, 0.6) is 0 Å². The summed E-state index contributed by atoms with van der Waals surface area (Å²) < 4.78 is 28.8. The van der Waals surface area contributed by atoms with Gasteiger partial charge in [-0.15, -0.1) is 0 Å². The van der Waals surface area contributed by atoms with Crippen molar-refractivity contribution in [1.82, 2.24) is 9.38 Å². The van der Waals surface area contributed by atoms with Crippen LogP contribution >= 0.6 is 11.3 Å². The number of hydrogen-bond acceptors (Lipinski definition) is 5. The van der Waals surface area contributed by atoms with Gasteiger partial charge in [-0.3, -0.25) is 14.9 Å². The summed E-state index contributed by atoms with van der Waals surface area (Å²) in [5.41, 5.74) is 2.41. The number of rotatable bonds is 4. The Morgan fingerprint density at radius 2 is 1.45 bits per heavy atom. The molecule has 0 saturated carbocycles. The first-order valence-electron chi connectivity index (χ1n) is 9.74. The van der Waals surface area contributed by atoms with Crippen molar-refractivity contribution in [3.05, 3.63) is 115 Å². The lowest BCUT2D eigenvalue weighted by Crippen LogP contribution is -2.23. The van der Waals surface area contributed by atoms with Crippen molar-refractivity contribution in [2.75, 3.05) is 0 Å². The molecule has 2 heterocycles. The first kappa shape index (κ1) is 20.7. The predicted molar refractivity (Wildman–Crippen MR) is 122 cm³/mol. The van der Waals surface area contributed by atoms with E-state index in [1.165, 1.54) is 40.8 Å². The van der Waals surface area contributed by atoms with E-state index in [0.29, 0.717) is 37.6 Å². The van der Waals surface area contributed by atoms with Crippen molar-refractivity contribution < 1.29 is 13.7 Å². The Morgan fingerprint density at radius 3 is 2.03 bits per heavy atom. The molecule has 33 heavy (non-hydrogen) atoms. The zero-order valence-electron chi connectivity index (χ0n) is 16.7. The fourth-order valence-corrected chi connectivity index (χ4v) is 4.50. The van der Waals surface area contributed by atoms with Crippen LogP contribution in [0.1, 0.15) is 5.56 Å². The van der Waals surface area contributed by atoms with Gasteiger partial charge in [-0.05, 0) is 72.3 Å². The molecule has 9 heteroatoms. The van der Waals surface area contributed by atoms with Crippen LogP contribution in [0.3, 0.4) is 0 Å². The van der Waals surface area contributed by atoms with Gasteiger partial charge in [-0.2, -0.15) is 0 Å². The molecule has 0 N–H and O–H groups in total. The normalized spacial score (nSPS) is 11.9. The molecule has 0 bridgehead atoms. The number of halogens is 2. The summed E-state index contributed by atoms with van der Waals surface area (Å²) in [5, 5.41) is 10.9. The van der Waals surface area contributed by atoms with Gasteiger partial charge in [0.1, 0.15) is 11.6 Å². The Balaban J connectivity index is 1.73. The number of benzene rings is 3. The van der Waals surface area contributed by atoms with Crippen LogP contribution in [-0.2, 0) is 0 Å². The Hall–Kier alpha value is -4.24. The lowest BCUT2D eigenvalue weighted by Gasteiger charge is -2.05. The molecule has 0 fully saturated rings. The summed E-state index contributed by atoms with van der Waals surface area (Å²) >= 11 is 1.16. The summed E-state index contributed by atoms with van der Waals surface area (Å²) in [6, 6.07) is 17.3. The third-order valence-electron chi connectivity index (χ3n) is 5.10. The summed E-state index contributed by atoms with van der Waals surface area (Å²) in [7, 11) is 0. The summed E-state index contributed by atoms with van der Waals surface area (Å²) in [5.74, 6) is -0.810. The SMILES string of the molecule is O=c1/c(=C/c2ccc([N+](=O)[O-])cc2)sc2nc(-c3ccc(F)cc3)c(-c3ccc(F)cc3)n12. The third kappa shape index (κ3) is 3.79. The van der Waals surface area contributed by atoms with Gasteiger partial charge in [-0.25, -0.2) is 18.2 Å². The maximum Gasteiger partial charge on any atom is 0.274 e. The highest BCUT2D eigenvalue weighted by Crippen LogP contribution is 2.32. The highest BCUT2D eigenvalue weighted by molar-refractivity contribution is 7.15. The molecule has 6 nitrogen and oxygen atoms in total. The molecular weight excluding hydrogens is 448 g/mol. The molecule has 0 aliphatic carbocycles. The smallest absolute Gasteiger partial charge is 0.267 e. The zero-order chi connectivity index (χ0) is 23.1. The highest BCUT2D eigenvalue weighted by atomic mass is 32.1. The van der Waals surface area contributed by atoms with E-state index in [1.54, 1.807) is 42.5 Å². The van der Waals surface area contributed by atoms with E-state index in [2.05, 4.69) is 4.98 Å². The second-order valence-electron chi connectivity index (χ2n) is 7.21. The Morgan fingerprint density at radius 1 is 0.879 bits per heavy atom. The molecule has 5 rings (SSSR count). The van der Waals surface area contributed by atoms with Gasteiger partial charge in [0, 0.05) is 23.3 Å². The summed E-state index contributed by atoms with van der Waals surface area (Å²) in [6.07, 6.45) is 1.64. The average molecular weight is 461 g/mol. The van der Waals surface area contributed by atoms with Crippen molar-refractivity contribution >= 4 is 28.1 Å². The second kappa shape index (κ2) is 8.03. The van der Waals surface area contributed by atoms with Crippen LogP contribution in [-0.4, -0.2) is 14.3 Å². The molecule has 0 saturated heterocycles. The maximum absolute atomic E-state index is 13.5. The number of non-ortho nitro benzene ring substituents is 1. The molecular formula is C24H13F2N3O3S. The Kier molecular flexibility index (Phi) is 5.02. The van der Waals surface area contributed by atoms with Crippen LogP contribution in [0.4, 0.5) is 14.5 Å². The van der Waals surface area contributed by atoms with Crippen LogP contribution < -0.4 is 10.1 Å². The van der Waals surface area contributed by atoms with Gasteiger partial charge in [0.15, 0.2) is 4.96 Å². The number of nitrogens with zero attached hydrogens (tertiary/aromatic N) is 3. The van der Waals surface area contributed by atoms with Gasteiger partial charge in [0.2, 0.25) is 0 Å². The van der Waals surface area contributed by atoms with E-state index in [9.17, 15) is 23.7 Å². The average Bonchev–Trinajstić information content (AvgIpc) is 3.32. The maximum atomic E-state index is 13.5. The Bertz CT molecular complexity index is 1610. The van der Waals surface area contributed by atoms with Crippen LogP contribution in [0.15, 0.2) is 77.6 Å². The van der Waals surface area contributed by atoms with Crippen molar-refractivity contribution in [1.29, 1.82) is 0 Å². The van der Waals surface area contributed by atoms with E-state index in [4.69, 9.17) is 0 Å². The van der Waals surface area contributed by atoms with E-state index < -0.39 is 16.6 Å². The first-order valence-corrected chi connectivity index (χ1v) is 10.6. The topological polar surface area (TPSA) is 77.5 Å². The van der Waals surface area contributed by atoms with Crippen molar-refractivity contribution in [2.45, 2.75) is 0 Å². The van der Waals surface area contributed by atoms with Crippen LogP contribution in [0.25, 0.3) is 33.6 Å². The van der Waals surface area contributed by atoms with Crippen LogP contribution in [0.2, 0.25) is 0 Å². The predicted octanol–water partition coefficient (Wildman–Crippen LogP) is 4.82. The minimum absolute atomic E-state index is 0.0435. The van der Waals surface area contributed by atoms with E-state index in [1.807, 2.05) is 0 Å². The number of imidazole rings is 1. The van der Waals surface area contributed by atoms with Gasteiger partial charge in [0.25, 0.3) is 11.2 Å². The molecule has 3 aromatic carbocycles. The minimum atomic E-state index is -0.492. The second-order valence-corrected chi connectivity index (χ2v) is 8.21. The molecule has 0 aliphatic rings. The monoisotopic (exact) mass is 461 g/mol. The number of thiazole rings is 1. The molecule has 0 spiro atoms. The molecule has 0 unspecified atom stereocenters. The largest absolute Gasteiger partial charge is 0.274 e. The molecule has 0 radical (unpaired) electrons. The summed E-state index contributed by atoms with van der Waals surface area (Å²) in [6.45, 7) is 0. The Labute approximate surface area is 188 Å². The number of hydrogen-bond donors (Lipinski definition) is 0. The molecule has 0 aliphatic heterocycles. The van der Waals surface area contributed by atoms with Gasteiger partial charge < -0.3 is 0 Å². The lowest BCUT2D eigenvalue weighted by atomic mass is 10.0. The molecule has 0 atom stereocenters. The van der Waals surface area contributed by atoms with Crippen molar-refractivity contribution in [3.63, 3.8) is 0 Å². The fourth-order valence-electron chi connectivity index (χ4n) is 3.53. The molecule has 162 valence electrons. The van der Waals surface area contributed by atoms with Gasteiger partial charge in [-0.1, -0.05) is 11.3 Å². The number of nitro groups is 1. The fraction of sp³-hybridized carbons (Fsp3) is 0. The molecule has 2 aromatic heterocycles. The van der Waals surface area contributed by atoms with E-state index >= 15 is 0 Å². The zero-order valence-corrected chi connectivity index (χ0v) is 17.6. The quantitative estimate of drug-likeness (QED) is 0.284. The number of fused-ring (bicyclic) bond motifs is 1. The minimum Gasteiger partial charge on any atom is -0.267 e. The third-order valence-corrected chi connectivity index (χ3v) is 6.07. The standard InChI is InChI=1S/C24H13F2N3O3S/c25-17-7-3-15(4-8-17)21-22(16-5-9-18(26)10-6-16)28-23(30)20(33-24(28)27-21)13-14-1-11-19(12-2-14)29(31)32/h1-13H/b20-13-. The van der Waals surface area contributed by atoms with E-state index in [-0.39, 0.29) is 11.2 Å². The summed E-state index contributed by atoms with van der Waals surface area (Å²) in [4.78, 5) is 28.7. The van der Waals surface area contributed by atoms with Crippen molar-refractivity contribution in [3.8, 4) is 22.5 Å². The molecule has 5 aromatic rings. The highest BCUT2D eigenvalue weighted by Gasteiger charge is 2.20. The van der Waals surface area contributed by atoms with Gasteiger partial charge in [0.05, 0.1) is 20.8 Å². The van der Waals surface area contributed by atoms with Crippen LogP contribution in [0, 0.1) is 21.7 Å².